The first kappa shape index (κ1) is 13.6. The first-order valence-electron chi connectivity index (χ1n) is 5.36. The van der Waals surface area contributed by atoms with Gasteiger partial charge in [-0.05, 0) is 24.8 Å². The summed E-state index contributed by atoms with van der Waals surface area (Å²) in [5.74, 6) is -0.140. The van der Waals surface area contributed by atoms with Gasteiger partial charge in [0.25, 0.3) is 0 Å². The molecule has 0 spiro atoms. The molecule has 17 heavy (non-hydrogen) atoms. The lowest BCUT2D eigenvalue weighted by molar-refractivity contribution is -0.115. The molecular formula is C12H15NO3S. The van der Waals surface area contributed by atoms with Crippen molar-refractivity contribution in [2.24, 2.45) is 0 Å². The molecule has 1 N–H and O–H groups in total. The number of ether oxygens (including phenoxy) is 1. The number of thiol groups is 1. The fraction of sp³-hybridized carbons (Fsp3) is 0.333. The molecule has 92 valence electrons. The third-order valence-corrected chi connectivity index (χ3v) is 2.26. The average molecular weight is 253 g/mol. The zero-order valence-electron chi connectivity index (χ0n) is 9.60. The molecule has 0 aliphatic carbocycles. The highest BCUT2D eigenvalue weighted by molar-refractivity contribution is 7.80. The molecule has 0 aliphatic heterocycles. The predicted octanol–water partition coefficient (Wildman–Crippen LogP) is 2.12. The van der Waals surface area contributed by atoms with Crippen LogP contribution < -0.4 is 5.32 Å². The van der Waals surface area contributed by atoms with E-state index in [0.29, 0.717) is 30.0 Å². The minimum absolute atomic E-state index is 0.170. The SMILES string of the molecule is CCOC(=O)c1ccccc1NC(=O)CCS. The summed E-state index contributed by atoms with van der Waals surface area (Å²) >= 11 is 3.97. The molecule has 1 aromatic carbocycles. The van der Waals surface area contributed by atoms with Gasteiger partial charge >= 0.3 is 5.97 Å². The molecule has 0 saturated heterocycles. The number of carbonyl (C=O) groups is 2. The van der Waals surface area contributed by atoms with Crippen LogP contribution in [0.2, 0.25) is 0 Å². The van der Waals surface area contributed by atoms with Crippen LogP contribution in [0.4, 0.5) is 5.69 Å². The normalized spacial score (nSPS) is 9.76. The molecule has 0 saturated carbocycles. The van der Waals surface area contributed by atoms with Crippen LogP contribution in [0.5, 0.6) is 0 Å². The first-order valence-corrected chi connectivity index (χ1v) is 5.99. The second-order valence-electron chi connectivity index (χ2n) is 3.29. The van der Waals surface area contributed by atoms with E-state index in [1.165, 1.54) is 0 Å². The van der Waals surface area contributed by atoms with Crippen LogP contribution in [0, 0.1) is 0 Å². The third-order valence-electron chi connectivity index (χ3n) is 2.04. The van der Waals surface area contributed by atoms with Gasteiger partial charge in [-0.1, -0.05) is 12.1 Å². The Hall–Kier alpha value is -1.49. The van der Waals surface area contributed by atoms with Crippen LogP contribution in [0.3, 0.4) is 0 Å². The minimum Gasteiger partial charge on any atom is -0.462 e. The Kier molecular flexibility index (Phi) is 5.56. The first-order chi connectivity index (χ1) is 8.19. The number of hydrogen-bond acceptors (Lipinski definition) is 4. The van der Waals surface area contributed by atoms with Gasteiger partial charge in [0.15, 0.2) is 0 Å². The van der Waals surface area contributed by atoms with Gasteiger partial charge in [-0.2, -0.15) is 12.6 Å². The van der Waals surface area contributed by atoms with Crippen molar-refractivity contribution in [1.82, 2.24) is 0 Å². The summed E-state index contributed by atoms with van der Waals surface area (Å²) in [6, 6.07) is 6.76. The standard InChI is InChI=1S/C12H15NO3S/c1-2-16-12(15)9-5-3-4-6-10(9)13-11(14)7-8-17/h3-6,17H,2,7-8H2,1H3,(H,13,14). The fourth-order valence-electron chi connectivity index (χ4n) is 1.29. The highest BCUT2D eigenvalue weighted by atomic mass is 32.1. The van der Waals surface area contributed by atoms with Gasteiger partial charge < -0.3 is 10.1 Å². The van der Waals surface area contributed by atoms with E-state index in [0.717, 1.165) is 0 Å². The van der Waals surface area contributed by atoms with E-state index in [9.17, 15) is 9.59 Å². The second kappa shape index (κ2) is 6.96. The van der Waals surface area contributed by atoms with Crippen molar-refractivity contribution in [2.45, 2.75) is 13.3 Å². The summed E-state index contributed by atoms with van der Waals surface area (Å²) in [5.41, 5.74) is 0.833. The summed E-state index contributed by atoms with van der Waals surface area (Å²) in [4.78, 5) is 23.0. The summed E-state index contributed by atoms with van der Waals surface area (Å²) < 4.78 is 4.90. The van der Waals surface area contributed by atoms with Gasteiger partial charge in [0.2, 0.25) is 5.91 Å². The molecule has 0 aliphatic rings. The van der Waals surface area contributed by atoms with Gasteiger partial charge in [0, 0.05) is 6.42 Å². The number of carbonyl (C=O) groups excluding carboxylic acids is 2. The van der Waals surface area contributed by atoms with E-state index < -0.39 is 5.97 Å². The number of nitrogens with one attached hydrogen (secondary N) is 1. The maximum Gasteiger partial charge on any atom is 0.340 e. The van der Waals surface area contributed by atoms with Crippen LogP contribution in [-0.4, -0.2) is 24.2 Å². The largest absolute Gasteiger partial charge is 0.462 e. The molecule has 1 amide bonds. The number of esters is 1. The molecule has 4 nitrogen and oxygen atoms in total. The van der Waals surface area contributed by atoms with Crippen LogP contribution in [0.1, 0.15) is 23.7 Å². The van der Waals surface area contributed by atoms with E-state index in [1.54, 1.807) is 31.2 Å². The summed E-state index contributed by atoms with van der Waals surface area (Å²) in [6.07, 6.45) is 0.306. The monoisotopic (exact) mass is 253 g/mol. The molecule has 0 heterocycles. The Morgan fingerprint density at radius 1 is 1.35 bits per heavy atom. The van der Waals surface area contributed by atoms with Crippen molar-refractivity contribution in [3.8, 4) is 0 Å². The Labute approximate surface area is 106 Å². The van der Waals surface area contributed by atoms with Crippen molar-refractivity contribution < 1.29 is 14.3 Å². The Morgan fingerprint density at radius 3 is 2.71 bits per heavy atom. The Morgan fingerprint density at radius 2 is 2.06 bits per heavy atom. The van der Waals surface area contributed by atoms with E-state index in [4.69, 9.17) is 4.74 Å². The van der Waals surface area contributed by atoms with Gasteiger partial charge in [-0.3, -0.25) is 4.79 Å². The smallest absolute Gasteiger partial charge is 0.340 e. The number of rotatable bonds is 5. The summed E-state index contributed by atoms with van der Waals surface area (Å²) in [5, 5.41) is 2.66. The molecule has 0 radical (unpaired) electrons. The third kappa shape index (κ3) is 4.11. The van der Waals surface area contributed by atoms with Crippen LogP contribution >= 0.6 is 12.6 Å². The fourth-order valence-corrected chi connectivity index (χ4v) is 1.50. The van der Waals surface area contributed by atoms with Crippen LogP contribution in [0.15, 0.2) is 24.3 Å². The summed E-state index contributed by atoms with van der Waals surface area (Å²) in [6.45, 7) is 2.04. The topological polar surface area (TPSA) is 55.4 Å². The summed E-state index contributed by atoms with van der Waals surface area (Å²) in [7, 11) is 0. The molecule has 1 rings (SSSR count). The van der Waals surface area contributed by atoms with Crippen molar-refractivity contribution in [3.05, 3.63) is 29.8 Å². The Bertz CT molecular complexity index is 406. The molecule has 5 heteroatoms. The molecule has 0 bridgehead atoms. The second-order valence-corrected chi connectivity index (χ2v) is 3.74. The lowest BCUT2D eigenvalue weighted by atomic mass is 10.1. The van der Waals surface area contributed by atoms with E-state index in [-0.39, 0.29) is 5.91 Å². The highest BCUT2D eigenvalue weighted by Gasteiger charge is 2.13. The van der Waals surface area contributed by atoms with E-state index >= 15 is 0 Å². The molecule has 0 fully saturated rings. The van der Waals surface area contributed by atoms with Crippen molar-refractivity contribution in [2.75, 3.05) is 17.7 Å². The number of hydrogen-bond donors (Lipinski definition) is 2. The molecule has 1 aromatic rings. The van der Waals surface area contributed by atoms with Gasteiger partial charge in [0.05, 0.1) is 17.9 Å². The number of anilines is 1. The average Bonchev–Trinajstić information content (AvgIpc) is 2.30. The zero-order chi connectivity index (χ0) is 12.7. The van der Waals surface area contributed by atoms with Crippen molar-refractivity contribution >= 4 is 30.2 Å². The minimum atomic E-state index is -0.436. The Balaban J connectivity index is 2.84. The van der Waals surface area contributed by atoms with Crippen LogP contribution in [0.25, 0.3) is 0 Å². The predicted molar refractivity (Wildman–Crippen MR) is 69.5 cm³/mol. The lowest BCUT2D eigenvalue weighted by Crippen LogP contribution is -2.15. The van der Waals surface area contributed by atoms with Crippen molar-refractivity contribution in [1.29, 1.82) is 0 Å². The number of benzene rings is 1. The van der Waals surface area contributed by atoms with Gasteiger partial charge in [0.1, 0.15) is 0 Å². The van der Waals surface area contributed by atoms with E-state index in [2.05, 4.69) is 17.9 Å². The quantitative estimate of drug-likeness (QED) is 0.624. The molecular weight excluding hydrogens is 238 g/mol. The van der Waals surface area contributed by atoms with Gasteiger partial charge in [-0.25, -0.2) is 4.79 Å². The number of amides is 1. The maximum absolute atomic E-state index is 11.6. The van der Waals surface area contributed by atoms with Crippen molar-refractivity contribution in [3.63, 3.8) is 0 Å². The number of para-hydroxylation sites is 1. The molecule has 0 atom stereocenters. The zero-order valence-corrected chi connectivity index (χ0v) is 10.5. The molecule has 0 aromatic heterocycles. The van der Waals surface area contributed by atoms with E-state index in [1.807, 2.05) is 0 Å². The van der Waals surface area contributed by atoms with Crippen LogP contribution in [-0.2, 0) is 9.53 Å². The lowest BCUT2D eigenvalue weighted by Gasteiger charge is -2.09. The maximum atomic E-state index is 11.6. The highest BCUT2D eigenvalue weighted by Crippen LogP contribution is 2.16. The molecule has 0 unspecified atom stereocenters. The van der Waals surface area contributed by atoms with Gasteiger partial charge in [-0.15, -0.1) is 0 Å².